The molecule has 0 N–H and O–H groups in total. The molecule has 0 amide bonds. The van der Waals surface area contributed by atoms with Crippen molar-refractivity contribution in [2.75, 3.05) is 0 Å². The molecule has 0 atom stereocenters. The van der Waals surface area contributed by atoms with Crippen LogP contribution >= 0.6 is 0 Å². The monoisotopic (exact) mass is 1280 g/mol. The van der Waals surface area contributed by atoms with Crippen molar-refractivity contribution in [2.45, 2.75) is 26.2 Å². The van der Waals surface area contributed by atoms with E-state index in [4.69, 9.17) is 17.9 Å². The summed E-state index contributed by atoms with van der Waals surface area (Å²) in [5, 5.41) is -0.323. The van der Waals surface area contributed by atoms with Crippen LogP contribution < -0.4 is 30.1 Å². The molecule has 14 aromatic rings. The Kier molecular flexibility index (Phi) is 8.55. The van der Waals surface area contributed by atoms with Gasteiger partial charge < -0.3 is 9.30 Å². The van der Waals surface area contributed by atoms with E-state index in [1.807, 2.05) is 88.0 Å². The number of benzene rings is 11. The van der Waals surface area contributed by atoms with Crippen LogP contribution in [0.15, 0.2) is 279 Å². The molecule has 15 rings (SSSR count). The Hall–Kier alpha value is -9.45. The number of para-hydroxylation sites is 3. The number of hydrogen-bond donors (Lipinski definition) is 0. The van der Waals surface area contributed by atoms with E-state index < -0.39 is 144 Å². The second kappa shape index (κ2) is 20.8. The summed E-state index contributed by atoms with van der Waals surface area (Å²) in [5.41, 5.74) is 6.83. The van der Waals surface area contributed by atoms with Crippen molar-refractivity contribution in [3.63, 3.8) is 0 Å². The summed E-state index contributed by atoms with van der Waals surface area (Å²) in [5.74, 6) is 1.36. The Bertz CT molecular complexity index is 5750. The van der Waals surface area contributed by atoms with Crippen LogP contribution in [0, 0.1) is 12.1 Å². The number of pyridine rings is 1. The van der Waals surface area contributed by atoms with E-state index in [2.05, 4.69) is 49.6 Å². The van der Waals surface area contributed by atoms with Crippen LogP contribution in [0.25, 0.3) is 94.5 Å². The summed E-state index contributed by atoms with van der Waals surface area (Å²) in [4.78, 5) is 4.85. The number of aromatic nitrogens is 4. The molecule has 4 heterocycles. The molecule has 3 aromatic heterocycles. The van der Waals surface area contributed by atoms with Crippen molar-refractivity contribution in [3.05, 3.63) is 297 Å². The molecule has 0 spiro atoms. The minimum atomic E-state index is -5.75. The molecule has 1 aliphatic rings. The average molecular weight is 1280 g/mol. The first-order chi connectivity index (χ1) is 48.6. The zero-order chi connectivity index (χ0) is 72.3. The van der Waals surface area contributed by atoms with Crippen LogP contribution in [0.2, 0.25) is 0 Å². The van der Waals surface area contributed by atoms with Gasteiger partial charge in [0.2, 0.25) is 0 Å². The van der Waals surface area contributed by atoms with Gasteiger partial charge in [-0.15, -0.1) is 29.7 Å². The zero-order valence-corrected chi connectivity index (χ0v) is 47.8. The SMILES string of the molecule is [2H]c1c([2H])c([2H])c(-c2cccc3c2-[n+]2cn(-c4[c-]c(Oc5[c-]c6c(cc5)c5ccccc5n6-c5cc(C(C)(C)C)ccn5)ccc4)c4cccc(c42)-c2ccccc2-c2ccc([Si](c4c([2H])c([2H])c([2H])c([2H])c4[2H])(c4c([2H])c([2H])c([2H])c([2H])c4[2H])c4c([2H])c([2H])c([2H])c([2H])c4[2H])cc2-3)c([2H])c1[2H].[Pt]. The Morgan fingerprint density at radius 3 is 1.78 bits per heavy atom. The fraction of sp³-hybridized carbons (Fsp3) is 0.0526. The van der Waals surface area contributed by atoms with E-state index >= 15 is 0 Å². The molecule has 0 fully saturated rings. The summed E-state index contributed by atoms with van der Waals surface area (Å²) in [6.07, 6.45) is 3.57. The van der Waals surface area contributed by atoms with Crippen LogP contribution in [-0.4, -0.2) is 22.2 Å². The van der Waals surface area contributed by atoms with E-state index in [0.29, 0.717) is 56.3 Å². The number of ether oxygens (including phenoxy) is 1. The summed E-state index contributed by atoms with van der Waals surface area (Å²) in [7, 11) is -5.75. The maximum Gasteiger partial charge on any atom is 0.253 e. The Labute approximate surface area is 527 Å². The second-order valence-electron chi connectivity index (χ2n) is 20.9. The average Bonchev–Trinajstić information content (AvgIpc) is 1.67. The first-order valence-electron chi connectivity index (χ1n) is 36.5. The van der Waals surface area contributed by atoms with Crippen molar-refractivity contribution in [2.24, 2.45) is 0 Å². The standard InChI is InChI=1S/C76H55N4OSi.Pt/c1-76(2,3)53-45-46-77-73(47-53)80-70-39-19-18-35-65(70)66-43-41-56(49-72(66)80)81-55-26-20-25-54(48-55)78-51-79-74-61(52-23-8-4-9-24-52)36-21-37-68(74)69-50-60(42-44-64(69)62-33-16-17-34-63(62)67-38-22-40-71(78)75(67)79)82(57-27-10-5-11-28-57,58-29-12-6-13-30-58)59-31-14-7-15-32-59;/h4-47,50-51H,1-3H3;/q-1;/i4D,5D,6D,7D,8D,9D,10D,11D,12D,13D,14D,15D,23D,24D,27D,28D,29D,30D,31D,32D;. The van der Waals surface area contributed by atoms with Gasteiger partial charge in [-0.1, -0.05) is 238 Å². The molecule has 0 bridgehead atoms. The van der Waals surface area contributed by atoms with Crippen molar-refractivity contribution >= 4 is 61.7 Å². The van der Waals surface area contributed by atoms with Gasteiger partial charge in [-0.05, 0) is 95.3 Å². The molecule has 0 saturated carbocycles. The number of nitrogens with zero attached hydrogens (tertiary/aromatic N) is 4. The maximum atomic E-state index is 9.87. The van der Waals surface area contributed by atoms with Gasteiger partial charge in [0.15, 0.2) is 19.1 Å². The van der Waals surface area contributed by atoms with Gasteiger partial charge in [0, 0.05) is 66.7 Å². The normalized spacial score (nSPS) is 15.3. The molecule has 0 radical (unpaired) electrons. The fourth-order valence-corrected chi connectivity index (χ4v) is 15.5. The number of rotatable bonds is 9. The topological polar surface area (TPSA) is 35.9 Å². The number of imidazole rings is 1. The minimum Gasteiger partial charge on any atom is -0.509 e. The number of fused-ring (bicyclic) bond motifs is 10. The third-order valence-electron chi connectivity index (χ3n) is 15.3. The third-order valence-corrected chi connectivity index (χ3v) is 19.5. The molecular weight excluding hydrogens is 1210 g/mol. The zero-order valence-electron chi connectivity index (χ0n) is 64.5. The molecule has 7 heteroatoms. The molecule has 0 saturated heterocycles. The Morgan fingerprint density at radius 2 is 1.07 bits per heavy atom. The smallest absolute Gasteiger partial charge is 0.253 e. The molecule has 400 valence electrons. The van der Waals surface area contributed by atoms with Gasteiger partial charge in [0.25, 0.3) is 6.33 Å². The first-order valence-corrected chi connectivity index (χ1v) is 28.5. The summed E-state index contributed by atoms with van der Waals surface area (Å²) >= 11 is 0. The largest absolute Gasteiger partial charge is 0.509 e. The molecule has 0 aliphatic carbocycles. The predicted molar refractivity (Wildman–Crippen MR) is 339 cm³/mol. The maximum absolute atomic E-state index is 9.87. The summed E-state index contributed by atoms with van der Waals surface area (Å²) in [6, 6.07) is 34.1. The molecule has 1 aliphatic heterocycles. The van der Waals surface area contributed by atoms with Crippen LogP contribution in [0.5, 0.6) is 11.5 Å². The van der Waals surface area contributed by atoms with Crippen molar-refractivity contribution in [3.8, 4) is 73.2 Å². The quantitative estimate of drug-likeness (QED) is 0.0625. The van der Waals surface area contributed by atoms with Crippen LogP contribution in [-0.2, 0) is 26.5 Å². The van der Waals surface area contributed by atoms with E-state index in [0.717, 1.165) is 27.4 Å². The van der Waals surface area contributed by atoms with Gasteiger partial charge in [-0.2, -0.15) is 16.7 Å². The van der Waals surface area contributed by atoms with Gasteiger partial charge in [-0.3, -0.25) is 0 Å². The van der Waals surface area contributed by atoms with Crippen molar-refractivity contribution in [1.29, 1.82) is 0 Å². The van der Waals surface area contributed by atoms with E-state index in [1.165, 1.54) is 12.1 Å². The van der Waals surface area contributed by atoms with Gasteiger partial charge in [0.1, 0.15) is 11.5 Å². The first kappa shape index (κ1) is 34.1. The summed E-state index contributed by atoms with van der Waals surface area (Å²) in [6.45, 7) is 6.44. The van der Waals surface area contributed by atoms with Crippen molar-refractivity contribution < 1.29 is 57.8 Å². The van der Waals surface area contributed by atoms with Crippen LogP contribution in [0.3, 0.4) is 0 Å². The molecule has 11 aromatic carbocycles. The summed E-state index contributed by atoms with van der Waals surface area (Å²) < 4.78 is 200. The Balaban J connectivity index is 0.00000897. The van der Waals surface area contributed by atoms with Gasteiger partial charge in [0.05, 0.1) is 27.4 Å². The van der Waals surface area contributed by atoms with E-state index in [-0.39, 0.29) is 59.6 Å². The predicted octanol–water partition coefficient (Wildman–Crippen LogP) is 15.4. The number of hydrogen-bond acceptors (Lipinski definition) is 2. The molecule has 5 nitrogen and oxygen atoms in total. The molecular formula is C76H55N4OPtSi-. The minimum absolute atomic E-state index is 0. The van der Waals surface area contributed by atoms with Gasteiger partial charge >= 0.3 is 0 Å². The molecule has 0 unspecified atom stereocenters. The van der Waals surface area contributed by atoms with Gasteiger partial charge in [-0.25, -0.2) is 9.55 Å². The van der Waals surface area contributed by atoms with E-state index in [9.17, 15) is 19.2 Å². The fourth-order valence-electron chi connectivity index (χ4n) is 11.6. The molecule has 83 heavy (non-hydrogen) atoms. The van der Waals surface area contributed by atoms with Crippen molar-refractivity contribution in [1.82, 2.24) is 14.1 Å². The van der Waals surface area contributed by atoms with E-state index in [1.54, 1.807) is 55.0 Å². The van der Waals surface area contributed by atoms with Crippen LogP contribution in [0.4, 0.5) is 0 Å². The Morgan fingerprint density at radius 1 is 0.494 bits per heavy atom. The second-order valence-corrected chi connectivity index (χ2v) is 24.5. The van der Waals surface area contributed by atoms with Crippen LogP contribution in [0.1, 0.15) is 53.7 Å². The third kappa shape index (κ3) is 8.63.